The number of rotatable bonds is 2. The number of ether oxygens (including phenoxy) is 1. The molecule has 4 nitrogen and oxygen atoms in total. The van der Waals surface area contributed by atoms with Crippen LogP contribution in [0.3, 0.4) is 0 Å². The predicted molar refractivity (Wildman–Crippen MR) is 72.0 cm³/mol. The topological polar surface area (TPSA) is 47.3 Å². The van der Waals surface area contributed by atoms with Crippen LogP contribution in [-0.4, -0.2) is 14.7 Å². The third-order valence-corrected chi connectivity index (χ3v) is 3.62. The second-order valence-electron chi connectivity index (χ2n) is 5.36. The molecule has 0 radical (unpaired) electrons. The average molecular weight is 276 g/mol. The van der Waals surface area contributed by atoms with Gasteiger partial charge in [-0.3, -0.25) is 0 Å². The van der Waals surface area contributed by atoms with Crippen molar-refractivity contribution in [3.8, 4) is 5.75 Å². The van der Waals surface area contributed by atoms with Crippen molar-refractivity contribution in [2.24, 2.45) is 0 Å². The maximum absolute atomic E-state index is 13.2. The first-order chi connectivity index (χ1) is 9.56. The van der Waals surface area contributed by atoms with Crippen molar-refractivity contribution in [1.82, 2.24) is 9.55 Å². The van der Waals surface area contributed by atoms with E-state index in [1.165, 1.54) is 12.1 Å². The van der Waals surface area contributed by atoms with Gasteiger partial charge in [0.2, 0.25) is 0 Å². The summed E-state index contributed by atoms with van der Waals surface area (Å²) in [5, 5.41) is 10.2. The zero-order valence-corrected chi connectivity index (χ0v) is 11.5. The molecule has 106 valence electrons. The molecule has 1 aliphatic heterocycles. The summed E-state index contributed by atoms with van der Waals surface area (Å²) in [5.74, 6) is 0.170. The molecule has 20 heavy (non-hydrogen) atoms. The van der Waals surface area contributed by atoms with Crippen LogP contribution >= 0.6 is 0 Å². The van der Waals surface area contributed by atoms with E-state index in [-0.39, 0.29) is 18.0 Å². The Bertz CT molecular complexity index is 624. The van der Waals surface area contributed by atoms with Crippen LogP contribution in [0.4, 0.5) is 4.39 Å². The first kappa shape index (κ1) is 13.1. The summed E-state index contributed by atoms with van der Waals surface area (Å²) in [6, 6.07) is 4.50. The number of aliphatic hydroxyl groups excluding tert-OH is 1. The van der Waals surface area contributed by atoms with E-state index in [0.717, 1.165) is 5.69 Å². The third kappa shape index (κ3) is 2.18. The molecule has 1 aromatic heterocycles. The summed E-state index contributed by atoms with van der Waals surface area (Å²) < 4.78 is 21.2. The summed E-state index contributed by atoms with van der Waals surface area (Å²) in [7, 11) is 0. The van der Waals surface area contributed by atoms with E-state index in [1.54, 1.807) is 18.6 Å². The Labute approximate surface area is 116 Å². The molecule has 5 heteroatoms. The number of aromatic nitrogens is 2. The maximum Gasteiger partial charge on any atom is 0.143 e. The zero-order valence-electron chi connectivity index (χ0n) is 11.5. The molecule has 0 amide bonds. The van der Waals surface area contributed by atoms with E-state index in [2.05, 4.69) is 18.8 Å². The molecule has 2 aromatic rings. The minimum Gasteiger partial charge on any atom is -0.484 e. The molecule has 1 aliphatic rings. The lowest BCUT2D eigenvalue weighted by Gasteiger charge is -2.30. The van der Waals surface area contributed by atoms with Crippen LogP contribution in [0.2, 0.25) is 0 Å². The molecule has 1 aromatic carbocycles. The molecule has 0 saturated heterocycles. The van der Waals surface area contributed by atoms with E-state index >= 15 is 0 Å². The van der Waals surface area contributed by atoms with Crippen molar-refractivity contribution in [2.75, 3.05) is 0 Å². The highest BCUT2D eigenvalue weighted by Crippen LogP contribution is 2.41. The van der Waals surface area contributed by atoms with Gasteiger partial charge in [0.1, 0.15) is 17.7 Å². The number of imidazole rings is 1. The monoisotopic (exact) mass is 276 g/mol. The summed E-state index contributed by atoms with van der Waals surface area (Å²) in [5.41, 5.74) is 1.44. The molecule has 2 heterocycles. The van der Waals surface area contributed by atoms with Gasteiger partial charge in [0.05, 0.1) is 24.3 Å². The fraction of sp³-hybridized carbons (Fsp3) is 0.400. The number of nitrogens with zero attached hydrogens (tertiary/aromatic N) is 2. The van der Waals surface area contributed by atoms with Crippen LogP contribution in [0, 0.1) is 5.82 Å². The normalized spacial score (nSPS) is 21.6. The lowest BCUT2D eigenvalue weighted by Crippen LogP contribution is -2.22. The third-order valence-electron chi connectivity index (χ3n) is 3.62. The van der Waals surface area contributed by atoms with E-state index in [1.807, 2.05) is 4.57 Å². The van der Waals surface area contributed by atoms with E-state index < -0.39 is 6.10 Å². The van der Waals surface area contributed by atoms with Crippen molar-refractivity contribution in [1.29, 1.82) is 0 Å². The van der Waals surface area contributed by atoms with E-state index in [9.17, 15) is 9.50 Å². The Kier molecular flexibility index (Phi) is 3.22. The van der Waals surface area contributed by atoms with Crippen LogP contribution in [0.15, 0.2) is 30.7 Å². The van der Waals surface area contributed by atoms with Gasteiger partial charge in [0.25, 0.3) is 0 Å². The molecular formula is C15H17FN2O2. The van der Waals surface area contributed by atoms with E-state index in [4.69, 9.17) is 4.74 Å². The Balaban J connectivity index is 1.95. The van der Waals surface area contributed by atoms with Gasteiger partial charge in [-0.25, -0.2) is 9.37 Å². The minimum atomic E-state index is -0.727. The average Bonchev–Trinajstić information content (AvgIpc) is 2.89. The predicted octanol–water partition coefficient (Wildman–Crippen LogP) is 3.16. The Morgan fingerprint density at radius 1 is 1.45 bits per heavy atom. The second-order valence-corrected chi connectivity index (χ2v) is 5.36. The lowest BCUT2D eigenvalue weighted by molar-refractivity contribution is 0.0610. The molecule has 0 fully saturated rings. The fourth-order valence-electron chi connectivity index (χ4n) is 2.60. The minimum absolute atomic E-state index is 0.267. The Morgan fingerprint density at radius 2 is 2.25 bits per heavy atom. The zero-order chi connectivity index (χ0) is 14.3. The number of aliphatic hydroxyl groups is 1. The van der Waals surface area contributed by atoms with Gasteiger partial charge in [-0.15, -0.1) is 0 Å². The van der Waals surface area contributed by atoms with Crippen LogP contribution in [-0.2, 0) is 0 Å². The molecule has 1 N–H and O–H groups in total. The molecule has 0 bridgehead atoms. The summed E-state index contributed by atoms with van der Waals surface area (Å²) in [4.78, 5) is 4.16. The standard InChI is InChI=1S/C15H17FN2O2/c1-9(2)18-8-17-7-12(18)15-6-13(19)11-5-10(16)3-4-14(11)20-15/h3-5,7-9,13,15,19H,6H2,1-2H3/t13-,15?/m1/s1. The van der Waals surface area contributed by atoms with Crippen molar-refractivity contribution in [3.63, 3.8) is 0 Å². The van der Waals surface area contributed by atoms with Crippen molar-refractivity contribution in [2.45, 2.75) is 38.5 Å². The molecule has 1 unspecified atom stereocenters. The number of fused-ring (bicyclic) bond motifs is 1. The number of benzene rings is 1. The number of hydrogen-bond acceptors (Lipinski definition) is 3. The first-order valence-electron chi connectivity index (χ1n) is 6.72. The Hall–Kier alpha value is -1.88. The second kappa shape index (κ2) is 4.90. The smallest absolute Gasteiger partial charge is 0.143 e. The van der Waals surface area contributed by atoms with Gasteiger partial charge in [-0.2, -0.15) is 0 Å². The van der Waals surface area contributed by atoms with Crippen LogP contribution < -0.4 is 4.74 Å². The van der Waals surface area contributed by atoms with Crippen molar-refractivity contribution >= 4 is 0 Å². The Morgan fingerprint density at radius 3 is 3.00 bits per heavy atom. The van der Waals surface area contributed by atoms with Crippen molar-refractivity contribution < 1.29 is 14.2 Å². The molecule has 3 rings (SSSR count). The van der Waals surface area contributed by atoms with Crippen molar-refractivity contribution in [3.05, 3.63) is 47.8 Å². The number of hydrogen-bond donors (Lipinski definition) is 1. The molecule has 2 atom stereocenters. The van der Waals surface area contributed by atoms with Gasteiger partial charge in [-0.05, 0) is 32.0 Å². The van der Waals surface area contributed by atoms with E-state index in [0.29, 0.717) is 17.7 Å². The van der Waals surface area contributed by atoms with Gasteiger partial charge in [0, 0.05) is 18.0 Å². The van der Waals surface area contributed by atoms with Crippen LogP contribution in [0.1, 0.15) is 49.8 Å². The lowest BCUT2D eigenvalue weighted by atomic mass is 9.97. The summed E-state index contributed by atoms with van der Waals surface area (Å²) >= 11 is 0. The van der Waals surface area contributed by atoms with Gasteiger partial charge in [0.15, 0.2) is 0 Å². The highest BCUT2D eigenvalue weighted by atomic mass is 19.1. The van der Waals surface area contributed by atoms with Gasteiger partial charge in [-0.1, -0.05) is 0 Å². The summed E-state index contributed by atoms with van der Waals surface area (Å²) in [6.07, 6.45) is 2.92. The fourth-order valence-corrected chi connectivity index (χ4v) is 2.60. The maximum atomic E-state index is 13.2. The van der Waals surface area contributed by atoms with Crippen LogP contribution in [0.25, 0.3) is 0 Å². The number of halogens is 1. The molecular weight excluding hydrogens is 259 g/mol. The highest BCUT2D eigenvalue weighted by Gasteiger charge is 2.30. The van der Waals surface area contributed by atoms with Gasteiger partial charge >= 0.3 is 0 Å². The largest absolute Gasteiger partial charge is 0.484 e. The first-order valence-corrected chi connectivity index (χ1v) is 6.72. The molecule has 0 aliphatic carbocycles. The summed E-state index contributed by atoms with van der Waals surface area (Å²) in [6.45, 7) is 4.13. The molecule has 0 saturated carbocycles. The van der Waals surface area contributed by atoms with Crippen LogP contribution in [0.5, 0.6) is 5.75 Å². The quantitative estimate of drug-likeness (QED) is 0.916. The molecule has 0 spiro atoms. The highest BCUT2D eigenvalue weighted by molar-refractivity contribution is 5.38. The van der Waals surface area contributed by atoms with Gasteiger partial charge < -0.3 is 14.4 Å². The SMILES string of the molecule is CC(C)n1cncc1C1C[C@@H](O)c2cc(F)ccc2O1.